The fourth-order valence-corrected chi connectivity index (χ4v) is 0.987. The van der Waals surface area contributed by atoms with Crippen LogP contribution in [0.2, 0.25) is 0 Å². The van der Waals surface area contributed by atoms with Crippen molar-refractivity contribution in [2.45, 2.75) is 20.8 Å². The zero-order valence-corrected chi connectivity index (χ0v) is 13.8. The minimum absolute atomic E-state index is 0.833. The molecular weight excluding hydrogens is 359 g/mol. The summed E-state index contributed by atoms with van der Waals surface area (Å²) in [7, 11) is 0. The van der Waals surface area contributed by atoms with Crippen LogP contribution in [0.15, 0.2) is 30.3 Å². The van der Waals surface area contributed by atoms with Gasteiger partial charge in [-0.25, -0.2) is 0 Å². The number of hydrogen-bond acceptors (Lipinski definition) is 3. The molecule has 19 heavy (non-hydrogen) atoms. The molecule has 7 heteroatoms. The number of rotatable bonds is 0. The van der Waals surface area contributed by atoms with Crippen molar-refractivity contribution in [2.24, 2.45) is 0 Å². The molecule has 0 unspecified atom stereocenters. The Morgan fingerprint density at radius 3 is 1.11 bits per heavy atom. The van der Waals surface area contributed by atoms with Crippen LogP contribution in [0.1, 0.15) is 20.8 Å². The van der Waals surface area contributed by atoms with Gasteiger partial charge in [-0.05, 0) is 0 Å². The maximum atomic E-state index is 9.00. The Labute approximate surface area is 125 Å². The van der Waals surface area contributed by atoms with Gasteiger partial charge in [-0.3, -0.25) is 14.4 Å². The van der Waals surface area contributed by atoms with Crippen LogP contribution in [0.5, 0.6) is 0 Å². The molecule has 6 nitrogen and oxygen atoms in total. The Morgan fingerprint density at radius 1 is 0.789 bits per heavy atom. The summed E-state index contributed by atoms with van der Waals surface area (Å²) >= 11 is 1.49. The molecule has 0 atom stereocenters. The maximum absolute atomic E-state index is 9.00. The summed E-state index contributed by atoms with van der Waals surface area (Å²) in [5.74, 6) is -2.50. The van der Waals surface area contributed by atoms with Gasteiger partial charge >= 0.3 is 56.4 Å². The van der Waals surface area contributed by atoms with Crippen LogP contribution in [0.25, 0.3) is 0 Å². The van der Waals surface area contributed by atoms with Gasteiger partial charge in [-0.1, -0.05) is 0 Å². The Hall–Kier alpha value is -1.57. The van der Waals surface area contributed by atoms with Crippen molar-refractivity contribution in [2.75, 3.05) is 0 Å². The molecule has 0 bridgehead atoms. The first kappa shape index (κ1) is 22.6. The molecule has 0 saturated carbocycles. The third kappa shape index (κ3) is 82.8. The summed E-state index contributed by atoms with van der Waals surface area (Å²) in [5, 5.41) is 22.2. The second-order valence-corrected chi connectivity index (χ2v) is 4.57. The molecular formula is C12H17O6Sn. The molecule has 1 aromatic rings. The Balaban J connectivity index is -0.000000189. The van der Waals surface area contributed by atoms with Gasteiger partial charge in [0.25, 0.3) is 17.9 Å². The van der Waals surface area contributed by atoms with Crippen molar-refractivity contribution in [3.63, 3.8) is 0 Å². The normalized spacial score (nSPS) is 7.16. The summed E-state index contributed by atoms with van der Waals surface area (Å²) < 4.78 is 1.41. The van der Waals surface area contributed by atoms with E-state index in [4.69, 9.17) is 29.7 Å². The molecule has 3 radical (unpaired) electrons. The third-order valence-electron chi connectivity index (χ3n) is 0.774. The third-order valence-corrected chi connectivity index (χ3v) is 1.73. The van der Waals surface area contributed by atoms with E-state index in [2.05, 4.69) is 24.3 Å². The zero-order chi connectivity index (χ0) is 15.8. The second kappa shape index (κ2) is 16.4. The number of carboxylic acids is 3. The molecule has 1 aromatic carbocycles. The summed E-state index contributed by atoms with van der Waals surface area (Å²) in [6.45, 7) is 3.25. The Morgan fingerprint density at radius 2 is 1.00 bits per heavy atom. The molecule has 0 aromatic heterocycles. The first-order valence-electron chi connectivity index (χ1n) is 4.94. The number of hydrogen-bond donors (Lipinski definition) is 3. The van der Waals surface area contributed by atoms with E-state index in [0.29, 0.717) is 0 Å². The molecule has 0 heterocycles. The van der Waals surface area contributed by atoms with E-state index in [-0.39, 0.29) is 0 Å². The van der Waals surface area contributed by atoms with Crippen LogP contribution in [0, 0.1) is 0 Å². The van der Waals surface area contributed by atoms with Gasteiger partial charge in [-0.2, -0.15) is 0 Å². The average Bonchev–Trinajstić information content (AvgIpc) is 2.15. The van der Waals surface area contributed by atoms with Crippen molar-refractivity contribution in [3.05, 3.63) is 30.3 Å². The van der Waals surface area contributed by atoms with Gasteiger partial charge in [0, 0.05) is 20.8 Å². The van der Waals surface area contributed by atoms with Crippen molar-refractivity contribution in [3.8, 4) is 0 Å². The molecule has 0 saturated heterocycles. The summed E-state index contributed by atoms with van der Waals surface area (Å²) in [4.78, 5) is 27.0. The molecule has 105 valence electrons. The number of carboxylic acid groups (broad SMARTS) is 3. The predicted octanol–water partition coefficient (Wildman–Crippen LogP) is 0.753. The van der Waals surface area contributed by atoms with Crippen LogP contribution >= 0.6 is 0 Å². The molecule has 0 fully saturated rings. The van der Waals surface area contributed by atoms with Gasteiger partial charge in [-0.15, -0.1) is 0 Å². The molecule has 0 spiro atoms. The van der Waals surface area contributed by atoms with Crippen molar-refractivity contribution >= 4 is 44.0 Å². The van der Waals surface area contributed by atoms with Gasteiger partial charge in [0.1, 0.15) is 0 Å². The first-order chi connectivity index (χ1) is 8.59. The zero-order valence-electron chi connectivity index (χ0n) is 11.0. The van der Waals surface area contributed by atoms with E-state index in [1.165, 1.54) is 26.1 Å². The molecule has 3 N–H and O–H groups in total. The van der Waals surface area contributed by atoms with Crippen molar-refractivity contribution < 1.29 is 29.7 Å². The van der Waals surface area contributed by atoms with E-state index in [1.54, 1.807) is 0 Å². The molecule has 1 rings (SSSR count). The van der Waals surface area contributed by atoms with Crippen LogP contribution in [-0.4, -0.2) is 55.8 Å². The topological polar surface area (TPSA) is 112 Å². The van der Waals surface area contributed by atoms with Gasteiger partial charge in [0.2, 0.25) is 0 Å². The standard InChI is InChI=1S/C6H5.3C2H4O2.Sn/c1-2-4-6-5-3-1;3*1-2(3)4;/h1-5H;3*1H3,(H,3,4);. The number of aliphatic carboxylic acids is 3. The van der Waals surface area contributed by atoms with Crippen LogP contribution < -0.4 is 3.58 Å². The molecule has 0 amide bonds. The van der Waals surface area contributed by atoms with E-state index in [1.807, 2.05) is 6.07 Å². The number of carbonyl (C=O) groups is 3. The van der Waals surface area contributed by atoms with Crippen molar-refractivity contribution in [1.29, 1.82) is 0 Å². The predicted molar refractivity (Wildman–Crippen MR) is 71.8 cm³/mol. The van der Waals surface area contributed by atoms with Crippen LogP contribution in [0.3, 0.4) is 0 Å². The van der Waals surface area contributed by atoms with E-state index < -0.39 is 17.9 Å². The fraction of sp³-hybridized carbons (Fsp3) is 0.250. The minimum atomic E-state index is -0.833. The quantitative estimate of drug-likeness (QED) is 0.577. The fourth-order valence-electron chi connectivity index (χ4n) is 0.438. The molecule has 0 aliphatic rings. The van der Waals surface area contributed by atoms with E-state index >= 15 is 0 Å². The average molecular weight is 376 g/mol. The van der Waals surface area contributed by atoms with Gasteiger partial charge in [0.05, 0.1) is 0 Å². The van der Waals surface area contributed by atoms with Gasteiger partial charge < -0.3 is 15.3 Å². The van der Waals surface area contributed by atoms with Crippen molar-refractivity contribution in [1.82, 2.24) is 0 Å². The Bertz CT molecular complexity index is 323. The Kier molecular flexibility index (Phi) is 19.5. The van der Waals surface area contributed by atoms with E-state index in [9.17, 15) is 0 Å². The summed E-state index contributed by atoms with van der Waals surface area (Å²) in [6.07, 6.45) is 0. The van der Waals surface area contributed by atoms with Gasteiger partial charge in [0.15, 0.2) is 0 Å². The molecule has 0 aliphatic heterocycles. The van der Waals surface area contributed by atoms with Crippen LogP contribution in [-0.2, 0) is 14.4 Å². The summed E-state index contributed by atoms with van der Waals surface area (Å²) in [5.41, 5.74) is 0. The second-order valence-electron chi connectivity index (χ2n) is 2.92. The van der Waals surface area contributed by atoms with E-state index in [0.717, 1.165) is 20.8 Å². The first-order valence-corrected chi connectivity index (χ1v) is 6.37. The SMILES string of the molecule is CC(=O)O.CC(=O)O.CC(=O)O.[Sn][c]1ccccc1. The monoisotopic (exact) mass is 377 g/mol. The summed E-state index contributed by atoms with van der Waals surface area (Å²) in [6, 6.07) is 10.4. The van der Waals surface area contributed by atoms with Crippen LogP contribution in [0.4, 0.5) is 0 Å². The number of benzene rings is 1. The molecule has 0 aliphatic carbocycles.